The number of ether oxygens (including phenoxy) is 1. The van der Waals surface area contributed by atoms with Crippen molar-refractivity contribution in [2.45, 2.75) is 63.6 Å². The van der Waals surface area contributed by atoms with Gasteiger partial charge in [0.1, 0.15) is 13.2 Å². The molecular formula is C29H42IN2O4-. The van der Waals surface area contributed by atoms with E-state index < -0.39 is 11.6 Å². The number of likely N-dealkylation sites (N-methyl/N-ethyl adjacent to an activating group) is 1. The number of carbonyl (C=O) groups is 1. The summed E-state index contributed by atoms with van der Waals surface area (Å²) >= 11 is 0. The molecule has 0 saturated carbocycles. The lowest BCUT2D eigenvalue weighted by Crippen LogP contribution is -3.00. The third-order valence-electron chi connectivity index (χ3n) is 7.43. The lowest BCUT2D eigenvalue weighted by molar-refractivity contribution is -0.891. The van der Waals surface area contributed by atoms with Gasteiger partial charge in [-0.25, -0.2) is 4.79 Å². The van der Waals surface area contributed by atoms with Crippen LogP contribution in [-0.4, -0.2) is 65.5 Å². The minimum Gasteiger partial charge on any atom is -1.00 e. The maximum Gasteiger partial charge on any atom is 0.347 e. The molecule has 0 radical (unpaired) electrons. The van der Waals surface area contributed by atoms with Gasteiger partial charge in [0.15, 0.2) is 0 Å². The van der Waals surface area contributed by atoms with Crippen LogP contribution in [0, 0.1) is 11.1 Å². The number of hydroxylamine groups is 2. The molecular weight excluding hydrogens is 567 g/mol. The van der Waals surface area contributed by atoms with Crippen LogP contribution in [0.25, 0.3) is 0 Å². The van der Waals surface area contributed by atoms with Gasteiger partial charge in [-0.3, -0.25) is 0 Å². The van der Waals surface area contributed by atoms with Gasteiger partial charge in [0.05, 0.1) is 20.6 Å². The van der Waals surface area contributed by atoms with Crippen molar-refractivity contribution in [1.82, 2.24) is 5.06 Å². The second-order valence-corrected chi connectivity index (χ2v) is 11.9. The molecule has 0 spiro atoms. The third kappa shape index (κ3) is 7.07. The van der Waals surface area contributed by atoms with E-state index in [2.05, 4.69) is 14.1 Å². The van der Waals surface area contributed by atoms with Crippen molar-refractivity contribution in [3.63, 3.8) is 0 Å². The van der Waals surface area contributed by atoms with Gasteiger partial charge in [0, 0.05) is 11.1 Å². The van der Waals surface area contributed by atoms with E-state index in [1.807, 2.05) is 39.8 Å². The van der Waals surface area contributed by atoms with E-state index >= 15 is 0 Å². The molecule has 3 rings (SSSR count). The number of hydrogen-bond acceptors (Lipinski definition) is 5. The Kier molecular flexibility index (Phi) is 10.1. The quantitative estimate of drug-likeness (QED) is 0.267. The first-order valence-electron chi connectivity index (χ1n) is 12.6. The average molecular weight is 610 g/mol. The predicted octanol–water partition coefficient (Wildman–Crippen LogP) is 1.70. The van der Waals surface area contributed by atoms with Gasteiger partial charge in [-0.2, -0.15) is 0 Å². The van der Waals surface area contributed by atoms with Crippen LogP contribution >= 0.6 is 0 Å². The van der Waals surface area contributed by atoms with E-state index in [9.17, 15) is 15.1 Å². The van der Waals surface area contributed by atoms with E-state index in [1.54, 1.807) is 48.5 Å². The summed E-state index contributed by atoms with van der Waals surface area (Å²) in [5.74, 6) is -0.187. The van der Waals surface area contributed by atoms with Crippen molar-refractivity contribution in [3.8, 4) is 0 Å². The Hall–Kier alpha value is -1.52. The largest absolute Gasteiger partial charge is 1.00 e. The first-order chi connectivity index (χ1) is 16.3. The van der Waals surface area contributed by atoms with Gasteiger partial charge < -0.3 is 48.6 Å². The van der Waals surface area contributed by atoms with Gasteiger partial charge in [0.2, 0.25) is 5.60 Å². The second kappa shape index (κ2) is 11.9. The number of benzene rings is 2. The van der Waals surface area contributed by atoms with Gasteiger partial charge in [-0.1, -0.05) is 60.7 Å². The van der Waals surface area contributed by atoms with Gasteiger partial charge in [-0.15, -0.1) is 0 Å². The van der Waals surface area contributed by atoms with E-state index in [1.165, 1.54) is 5.06 Å². The van der Waals surface area contributed by atoms with Crippen molar-refractivity contribution in [1.29, 1.82) is 0 Å². The van der Waals surface area contributed by atoms with Crippen molar-refractivity contribution in [2.24, 2.45) is 5.92 Å². The Morgan fingerprint density at radius 3 is 1.86 bits per heavy atom. The lowest BCUT2D eigenvalue weighted by atomic mass is 9.74. The highest BCUT2D eigenvalue weighted by Gasteiger charge is 2.42. The normalized spacial score (nSPS) is 18.3. The monoisotopic (exact) mass is 609 g/mol. The zero-order valence-corrected chi connectivity index (χ0v) is 24.7. The molecule has 1 fully saturated rings. The first kappa shape index (κ1) is 30.7. The molecule has 1 aliphatic heterocycles. The highest BCUT2D eigenvalue weighted by molar-refractivity contribution is 5.85. The molecule has 6 nitrogen and oxygen atoms in total. The lowest BCUT2D eigenvalue weighted by Gasteiger charge is -2.60. The van der Waals surface area contributed by atoms with Crippen LogP contribution in [0.15, 0.2) is 60.7 Å². The molecule has 1 saturated heterocycles. The van der Waals surface area contributed by atoms with E-state index in [0.29, 0.717) is 28.1 Å². The molecule has 36 heavy (non-hydrogen) atoms. The highest BCUT2D eigenvalue weighted by atomic mass is 127. The molecule has 0 amide bonds. The number of hydrogen-bond donors (Lipinski definition) is 1. The summed E-state index contributed by atoms with van der Waals surface area (Å²) in [5.41, 5.74) is -1.61. The number of aliphatic hydroxyl groups is 1. The summed E-state index contributed by atoms with van der Waals surface area (Å²) < 4.78 is 6.37. The van der Waals surface area contributed by atoms with Crippen molar-refractivity contribution in [3.05, 3.63) is 77.0 Å². The summed E-state index contributed by atoms with van der Waals surface area (Å²) in [6.45, 7) is 9.92. The molecule has 200 valence electrons. The summed E-state index contributed by atoms with van der Waals surface area (Å²) in [6, 6.07) is 17.9. The molecule has 7 heteroatoms. The maximum absolute atomic E-state index is 13.2. The van der Waals surface area contributed by atoms with Crippen LogP contribution in [0.5, 0.6) is 0 Å². The Bertz CT molecular complexity index is 922. The first-order valence-corrected chi connectivity index (χ1v) is 12.6. The third-order valence-corrected chi connectivity index (χ3v) is 7.43. The molecule has 1 aliphatic rings. The molecule has 0 aromatic heterocycles. The van der Waals surface area contributed by atoms with Crippen LogP contribution in [0.2, 0.25) is 0 Å². The topological polar surface area (TPSA) is 72.8 Å². The Labute approximate surface area is 233 Å². The summed E-state index contributed by atoms with van der Waals surface area (Å²) in [4.78, 5) is 13.2. The van der Waals surface area contributed by atoms with Crippen molar-refractivity contribution >= 4 is 5.97 Å². The Balaban J connectivity index is 0.00000456. The fraction of sp³-hybridized carbons (Fsp3) is 0.552. The van der Waals surface area contributed by atoms with Gasteiger partial charge >= 0.3 is 5.97 Å². The van der Waals surface area contributed by atoms with Crippen molar-refractivity contribution < 1.29 is 43.1 Å². The zero-order chi connectivity index (χ0) is 25.9. The average Bonchev–Trinajstić information content (AvgIpc) is 2.81. The SMILES string of the molecule is CC1(C)CC(CC[N+](C)(C)CCOC(=O)C(O)(c2ccccc2)c2ccccc2)CC(C)(C)N1[O-].[I-]. The number of piperidine rings is 1. The number of halogens is 1. The van der Waals surface area contributed by atoms with E-state index in [4.69, 9.17) is 4.74 Å². The Morgan fingerprint density at radius 2 is 1.42 bits per heavy atom. The molecule has 2 aromatic rings. The minimum absolute atomic E-state index is 0. The molecule has 0 aliphatic carbocycles. The van der Waals surface area contributed by atoms with Crippen LogP contribution in [0.1, 0.15) is 58.1 Å². The number of nitrogens with zero attached hydrogens (tertiary/aromatic N) is 2. The summed E-state index contributed by atoms with van der Waals surface area (Å²) in [7, 11) is 4.26. The van der Waals surface area contributed by atoms with Crippen LogP contribution in [-0.2, 0) is 15.1 Å². The smallest absolute Gasteiger partial charge is 0.347 e. The fourth-order valence-corrected chi connectivity index (χ4v) is 5.57. The van der Waals surface area contributed by atoms with Crippen LogP contribution in [0.4, 0.5) is 0 Å². The summed E-state index contributed by atoms with van der Waals surface area (Å²) in [5, 5.41) is 25.5. The molecule has 0 unspecified atom stereocenters. The standard InChI is InChI=1S/C29H42N2O4.HI/c1-27(2)21-23(22-28(3,4)30(27)34)17-18-31(5,6)19-20-35-26(32)29(33,24-13-9-7-10-14-24)25-15-11-8-12-16-25;/h7-16,23,33H,17-22H2,1-6H3;1H/p-1. The van der Waals surface area contributed by atoms with Gasteiger partial charge in [-0.05, 0) is 64.0 Å². The number of rotatable bonds is 9. The second-order valence-electron chi connectivity index (χ2n) is 11.9. The number of esters is 1. The minimum atomic E-state index is -1.86. The highest BCUT2D eigenvalue weighted by Crippen LogP contribution is 2.42. The fourth-order valence-electron chi connectivity index (χ4n) is 5.57. The number of carbonyl (C=O) groups excluding carboxylic acids is 1. The van der Waals surface area contributed by atoms with E-state index in [-0.39, 0.29) is 41.7 Å². The molecule has 0 bridgehead atoms. The van der Waals surface area contributed by atoms with Gasteiger partial charge in [0.25, 0.3) is 0 Å². The number of quaternary nitrogens is 1. The van der Waals surface area contributed by atoms with Crippen LogP contribution < -0.4 is 24.0 Å². The Morgan fingerprint density at radius 1 is 0.972 bits per heavy atom. The summed E-state index contributed by atoms with van der Waals surface area (Å²) in [6.07, 6.45) is 2.78. The zero-order valence-electron chi connectivity index (χ0n) is 22.5. The molecule has 1 N–H and O–H groups in total. The van der Waals surface area contributed by atoms with Crippen LogP contribution in [0.3, 0.4) is 0 Å². The van der Waals surface area contributed by atoms with E-state index in [0.717, 1.165) is 25.8 Å². The maximum atomic E-state index is 13.2. The molecule has 1 heterocycles. The van der Waals surface area contributed by atoms with Crippen molar-refractivity contribution in [2.75, 3.05) is 33.8 Å². The molecule has 2 aromatic carbocycles. The molecule has 0 atom stereocenters. The predicted molar refractivity (Wildman–Crippen MR) is 139 cm³/mol.